The highest BCUT2D eigenvalue weighted by Crippen LogP contribution is 2.77. The number of esters is 2. The molecule has 2 aromatic heterocycles. The van der Waals surface area contributed by atoms with E-state index >= 15 is 0 Å². The molecule has 12 rings (SSSR count). The number of nitrogens with zero attached hydrogens (tertiary/aromatic N) is 2. The molecule has 0 radical (unpaired) electrons. The lowest BCUT2D eigenvalue weighted by Crippen LogP contribution is -2.52. The molecule has 0 aromatic carbocycles. The second-order valence-electron chi connectivity index (χ2n) is 22.7. The van der Waals surface area contributed by atoms with Crippen LogP contribution in [0, 0.1) is 57.2 Å². The Morgan fingerprint density at radius 1 is 0.565 bits per heavy atom. The van der Waals surface area contributed by atoms with Gasteiger partial charge in [0.25, 0.3) is 0 Å². The summed E-state index contributed by atoms with van der Waals surface area (Å²) in [5, 5.41) is 0. The molecule has 6 saturated carbocycles. The topological polar surface area (TPSA) is 103 Å². The molecule has 0 bridgehead atoms. The largest absolute Gasteiger partial charge is 0.462 e. The van der Waals surface area contributed by atoms with Crippen LogP contribution in [0.15, 0.2) is 72.1 Å². The van der Waals surface area contributed by atoms with E-state index in [2.05, 4.69) is 74.1 Å². The van der Waals surface area contributed by atoms with E-state index in [9.17, 15) is 9.59 Å². The molecule has 8 fully saturated rings. The van der Waals surface area contributed by atoms with Crippen LogP contribution in [0.3, 0.4) is 0 Å². The summed E-state index contributed by atoms with van der Waals surface area (Å²) in [7, 11) is 0. The van der Waals surface area contributed by atoms with E-state index < -0.39 is 0 Å². The molecule has 62 heavy (non-hydrogen) atoms. The monoisotopic (exact) mass is 843 g/mol. The first-order valence-electron chi connectivity index (χ1n) is 24.7. The molecule has 2 spiro atoms. The zero-order valence-electron chi connectivity index (χ0n) is 38.2. The Morgan fingerprint density at radius 2 is 0.984 bits per heavy atom. The second kappa shape index (κ2) is 14.6. The van der Waals surface area contributed by atoms with Crippen LogP contribution in [0.1, 0.15) is 168 Å². The van der Waals surface area contributed by atoms with Crippen LogP contribution in [0.4, 0.5) is 0 Å². The number of carbonyl (C=O) groups excluding carboxylic acids is 2. The number of epoxide rings is 2. The Morgan fingerprint density at radius 3 is 1.37 bits per heavy atom. The first-order valence-corrected chi connectivity index (χ1v) is 24.7. The first-order chi connectivity index (χ1) is 29.7. The SMILES string of the molecule is CC(=O)O[C@H]1CC[C@@]2(C)C(=CCC3C2CC[C@@]2(C)C3CC[C@@]23O[C@@H]3c2ccccn2)C1.CC(=O)O[C@H]1CC[C@@]2(C)C(=CCC3C2CC[C@@]2(C)C3CC[C@]23O[C@H]3c2ccccn2)C1. The highest BCUT2D eigenvalue weighted by Gasteiger charge is 2.76. The van der Waals surface area contributed by atoms with E-state index in [1.807, 2.05) is 24.5 Å². The lowest BCUT2D eigenvalue weighted by molar-refractivity contribution is -0.149. The van der Waals surface area contributed by atoms with Crippen LogP contribution >= 0.6 is 0 Å². The van der Waals surface area contributed by atoms with Gasteiger partial charge in [-0.25, -0.2) is 0 Å². The van der Waals surface area contributed by atoms with Crippen molar-refractivity contribution in [3.05, 3.63) is 83.5 Å². The van der Waals surface area contributed by atoms with Crippen LogP contribution in [-0.2, 0) is 28.5 Å². The normalized spacial score (nSPS) is 47.7. The molecule has 332 valence electrons. The Bertz CT molecular complexity index is 2010. The number of carbonyl (C=O) groups is 2. The van der Waals surface area contributed by atoms with Gasteiger partial charge in [0.2, 0.25) is 0 Å². The van der Waals surface area contributed by atoms with E-state index in [1.165, 1.54) is 78.1 Å². The third kappa shape index (κ3) is 6.02. The van der Waals surface area contributed by atoms with Gasteiger partial charge in [-0.3, -0.25) is 19.6 Å². The van der Waals surface area contributed by atoms with Crippen molar-refractivity contribution in [2.75, 3.05) is 0 Å². The van der Waals surface area contributed by atoms with Crippen LogP contribution in [0.2, 0.25) is 0 Å². The molecular weight excluding hydrogens is 773 g/mol. The van der Waals surface area contributed by atoms with Crippen LogP contribution < -0.4 is 0 Å². The summed E-state index contributed by atoms with van der Waals surface area (Å²) in [5.41, 5.74) is 6.46. The standard InChI is InChI=1S/2C27H35NO3/c2*1-17(29)30-19-9-12-25(2)18(16-19)7-8-20-21(25)10-13-26(3)22(20)11-14-27(26)24(31-27)23-6-4-5-15-28-23/h2*4-7,15,19-22,24H,8-14,16H2,1-3H3/t19-,20?,21?,22?,24+,25-,26-,27-;19-,20?,21?,22?,24-,25-,26-,27+/m00/s1. The fourth-order valence-electron chi connectivity index (χ4n) is 17.3. The lowest BCUT2D eigenvalue weighted by Gasteiger charge is -2.57. The molecule has 8 nitrogen and oxygen atoms in total. The van der Waals surface area contributed by atoms with Crippen LogP contribution in [-0.4, -0.2) is 45.3 Å². The summed E-state index contributed by atoms with van der Waals surface area (Å²) >= 11 is 0. The van der Waals surface area contributed by atoms with Crippen LogP contribution in [0.25, 0.3) is 0 Å². The molecule has 0 amide bonds. The smallest absolute Gasteiger partial charge is 0.302 e. The third-order valence-electron chi connectivity index (χ3n) is 20.5. The molecule has 16 atom stereocenters. The van der Waals surface area contributed by atoms with E-state index in [1.54, 1.807) is 11.1 Å². The number of hydrogen-bond donors (Lipinski definition) is 0. The maximum absolute atomic E-state index is 11.5. The first kappa shape index (κ1) is 41.4. The van der Waals surface area contributed by atoms with Crippen molar-refractivity contribution in [2.45, 2.75) is 180 Å². The summed E-state index contributed by atoms with van der Waals surface area (Å²) in [5.74, 6) is 4.22. The highest BCUT2D eigenvalue weighted by molar-refractivity contribution is 5.66. The van der Waals surface area contributed by atoms with Crippen molar-refractivity contribution in [3.63, 3.8) is 0 Å². The van der Waals surface area contributed by atoms with Crippen molar-refractivity contribution in [3.8, 4) is 0 Å². The van der Waals surface area contributed by atoms with E-state index in [0.717, 1.165) is 85.4 Å². The minimum absolute atomic E-state index is 0.00880. The number of fused-ring (bicyclic) bond motifs is 12. The summed E-state index contributed by atoms with van der Waals surface area (Å²) in [4.78, 5) is 32.2. The molecular formula is C54H70N2O6. The highest BCUT2D eigenvalue weighted by atomic mass is 16.6. The number of allylic oxidation sites excluding steroid dienone is 2. The van der Waals surface area contributed by atoms with E-state index in [-0.39, 0.29) is 69.2 Å². The number of aromatic nitrogens is 2. The molecule has 2 aliphatic heterocycles. The molecule has 2 aromatic rings. The fourth-order valence-corrected chi connectivity index (χ4v) is 17.3. The second-order valence-corrected chi connectivity index (χ2v) is 22.7. The number of ether oxygens (including phenoxy) is 4. The third-order valence-corrected chi connectivity index (χ3v) is 20.5. The van der Waals surface area contributed by atoms with Crippen molar-refractivity contribution in [1.82, 2.24) is 9.97 Å². The van der Waals surface area contributed by atoms with Gasteiger partial charge in [0.05, 0.1) is 11.4 Å². The van der Waals surface area contributed by atoms with Gasteiger partial charge < -0.3 is 18.9 Å². The number of pyridine rings is 2. The average Bonchev–Trinajstić information content (AvgIpc) is 4.13. The maximum atomic E-state index is 11.5. The number of hydrogen-bond acceptors (Lipinski definition) is 8. The number of rotatable bonds is 4. The van der Waals surface area contributed by atoms with Gasteiger partial charge in [0, 0.05) is 49.9 Å². The Hall–Kier alpha value is -3.36. The Labute approximate surface area is 369 Å². The minimum Gasteiger partial charge on any atom is -0.462 e. The van der Waals surface area contributed by atoms with E-state index in [0.29, 0.717) is 0 Å². The van der Waals surface area contributed by atoms with Crippen molar-refractivity contribution >= 4 is 11.9 Å². The van der Waals surface area contributed by atoms with Gasteiger partial charge in [-0.2, -0.15) is 0 Å². The van der Waals surface area contributed by atoms with Gasteiger partial charge in [-0.05, 0) is 160 Å². The van der Waals surface area contributed by atoms with Gasteiger partial charge in [0.15, 0.2) is 0 Å². The quantitative estimate of drug-likeness (QED) is 0.170. The molecule has 2 saturated heterocycles. The summed E-state index contributed by atoms with van der Waals surface area (Å²) in [6.45, 7) is 13.2. The summed E-state index contributed by atoms with van der Waals surface area (Å²) in [6, 6.07) is 12.4. The average molecular weight is 843 g/mol. The molecule has 8 aliphatic carbocycles. The summed E-state index contributed by atoms with van der Waals surface area (Å²) < 4.78 is 24.3. The predicted octanol–water partition coefficient (Wildman–Crippen LogP) is 11.6. The Kier molecular flexibility index (Phi) is 9.72. The lowest BCUT2D eigenvalue weighted by atomic mass is 9.47. The van der Waals surface area contributed by atoms with Crippen LogP contribution in [0.5, 0.6) is 0 Å². The van der Waals surface area contributed by atoms with Gasteiger partial charge in [0.1, 0.15) is 35.6 Å². The maximum Gasteiger partial charge on any atom is 0.302 e. The van der Waals surface area contributed by atoms with Crippen molar-refractivity contribution in [2.24, 2.45) is 57.2 Å². The summed E-state index contributed by atoms with van der Waals surface area (Å²) in [6.07, 6.45) is 28.0. The molecule has 0 N–H and O–H groups in total. The van der Waals surface area contributed by atoms with Gasteiger partial charge in [-0.1, -0.05) is 63.1 Å². The van der Waals surface area contributed by atoms with Gasteiger partial charge >= 0.3 is 11.9 Å². The molecule has 6 unspecified atom stereocenters. The van der Waals surface area contributed by atoms with Crippen molar-refractivity contribution in [1.29, 1.82) is 0 Å². The molecule has 10 aliphatic rings. The zero-order valence-corrected chi connectivity index (χ0v) is 38.2. The Balaban J connectivity index is 0.000000139. The molecule has 4 heterocycles. The fraction of sp³-hybridized carbons (Fsp3) is 0.704. The minimum atomic E-state index is -0.139. The van der Waals surface area contributed by atoms with Gasteiger partial charge in [-0.15, -0.1) is 0 Å². The zero-order chi connectivity index (χ0) is 42.9. The molecule has 8 heteroatoms. The van der Waals surface area contributed by atoms with Crippen molar-refractivity contribution < 1.29 is 28.5 Å². The van der Waals surface area contributed by atoms with E-state index in [4.69, 9.17) is 18.9 Å². The predicted molar refractivity (Wildman–Crippen MR) is 236 cm³/mol.